The molecule has 2 aromatic carbocycles. The van der Waals surface area contributed by atoms with Gasteiger partial charge in [0.2, 0.25) is 11.8 Å². The molecule has 1 N–H and O–H groups in total. The molecule has 0 radical (unpaired) electrons. The Morgan fingerprint density at radius 3 is 2.18 bits per heavy atom. The van der Waals surface area contributed by atoms with Crippen LogP contribution < -0.4 is 19.4 Å². The number of aliphatic hydroxyl groups is 1. The molecule has 1 spiro atoms. The summed E-state index contributed by atoms with van der Waals surface area (Å²) >= 11 is 0. The standard InChI is InChI=1S/C35H42N4O6/c1-4-36(5-2)24-11-13-25(14-12-24)38-21-8-19-35-30(33(42)39(22-9-23-40)31(35)34(38)43)29-28(45-35)10-7-20-37(32(29)41)26-15-17-27(18-16-26)44-6-3/h7-8,10-19,28-31,40H,4-6,9,20-23H2,1-3H3/t28-,29+,30-,31?,35-/m0/s1. The molecule has 2 saturated heterocycles. The highest BCUT2D eigenvalue weighted by molar-refractivity contribution is 6.07. The minimum atomic E-state index is -1.32. The Morgan fingerprint density at radius 1 is 0.889 bits per heavy atom. The van der Waals surface area contributed by atoms with Gasteiger partial charge in [0.25, 0.3) is 5.91 Å². The molecule has 4 heterocycles. The molecule has 10 nitrogen and oxygen atoms in total. The van der Waals surface area contributed by atoms with Gasteiger partial charge in [-0.25, -0.2) is 0 Å². The second-order valence-electron chi connectivity index (χ2n) is 11.8. The Balaban J connectivity index is 1.36. The van der Waals surface area contributed by atoms with E-state index in [1.165, 1.54) is 4.90 Å². The van der Waals surface area contributed by atoms with E-state index in [9.17, 15) is 19.5 Å². The van der Waals surface area contributed by atoms with Crippen LogP contribution in [0.1, 0.15) is 27.2 Å². The van der Waals surface area contributed by atoms with Gasteiger partial charge in [-0.15, -0.1) is 0 Å². The second-order valence-corrected chi connectivity index (χ2v) is 11.8. The molecule has 0 aliphatic carbocycles. The number of ether oxygens (including phenoxy) is 2. The first-order valence-corrected chi connectivity index (χ1v) is 16.0. The Morgan fingerprint density at radius 2 is 1.53 bits per heavy atom. The third-order valence-corrected chi connectivity index (χ3v) is 9.47. The van der Waals surface area contributed by atoms with Crippen LogP contribution in [-0.2, 0) is 19.1 Å². The normalized spacial score (nSPS) is 27.3. The number of hydrogen-bond donors (Lipinski definition) is 1. The molecule has 238 valence electrons. The molecule has 1 unspecified atom stereocenters. The van der Waals surface area contributed by atoms with E-state index in [-0.39, 0.29) is 30.9 Å². The maximum Gasteiger partial charge on any atom is 0.253 e. The molecule has 0 bridgehead atoms. The summed E-state index contributed by atoms with van der Waals surface area (Å²) in [6.45, 7) is 9.09. The molecule has 5 atom stereocenters. The Bertz CT molecular complexity index is 1470. The summed E-state index contributed by atoms with van der Waals surface area (Å²) in [5.41, 5.74) is 1.16. The maximum absolute atomic E-state index is 14.6. The van der Waals surface area contributed by atoms with Gasteiger partial charge in [0, 0.05) is 56.4 Å². The van der Waals surface area contributed by atoms with E-state index >= 15 is 0 Å². The van der Waals surface area contributed by atoms with Crippen LogP contribution in [0.4, 0.5) is 17.1 Å². The molecule has 4 aliphatic heterocycles. The zero-order valence-electron chi connectivity index (χ0n) is 26.2. The van der Waals surface area contributed by atoms with Crippen LogP contribution in [0.2, 0.25) is 0 Å². The predicted octanol–water partition coefficient (Wildman–Crippen LogP) is 3.40. The predicted molar refractivity (Wildman–Crippen MR) is 172 cm³/mol. The number of anilines is 3. The van der Waals surface area contributed by atoms with Gasteiger partial charge in [-0.2, -0.15) is 0 Å². The number of rotatable bonds is 10. The van der Waals surface area contributed by atoms with Crippen molar-refractivity contribution in [2.45, 2.75) is 44.9 Å². The third-order valence-electron chi connectivity index (χ3n) is 9.47. The topological polar surface area (TPSA) is 103 Å². The van der Waals surface area contributed by atoms with Crippen molar-refractivity contribution in [3.05, 3.63) is 72.8 Å². The lowest BCUT2D eigenvalue weighted by Gasteiger charge is -2.35. The van der Waals surface area contributed by atoms with Crippen molar-refractivity contribution >= 4 is 34.8 Å². The van der Waals surface area contributed by atoms with Crippen LogP contribution in [0.3, 0.4) is 0 Å². The minimum absolute atomic E-state index is 0.130. The van der Waals surface area contributed by atoms with Gasteiger partial charge in [-0.3, -0.25) is 14.4 Å². The van der Waals surface area contributed by atoms with E-state index in [0.29, 0.717) is 37.6 Å². The number of amides is 3. The van der Waals surface area contributed by atoms with Crippen LogP contribution in [-0.4, -0.2) is 91.4 Å². The van der Waals surface area contributed by atoms with Crippen LogP contribution in [0.25, 0.3) is 0 Å². The summed E-state index contributed by atoms with van der Waals surface area (Å²) < 4.78 is 12.3. The largest absolute Gasteiger partial charge is 0.494 e. The van der Waals surface area contributed by atoms with Crippen LogP contribution in [0, 0.1) is 11.8 Å². The summed E-state index contributed by atoms with van der Waals surface area (Å²) in [6.07, 6.45) is 7.12. The van der Waals surface area contributed by atoms with Crippen molar-refractivity contribution in [3.63, 3.8) is 0 Å². The summed E-state index contributed by atoms with van der Waals surface area (Å²) in [7, 11) is 0. The molecule has 2 fully saturated rings. The smallest absolute Gasteiger partial charge is 0.253 e. The maximum atomic E-state index is 14.6. The van der Waals surface area contributed by atoms with E-state index in [1.807, 2.05) is 79.8 Å². The van der Waals surface area contributed by atoms with Gasteiger partial charge in [0.15, 0.2) is 0 Å². The molecule has 6 rings (SSSR count). The van der Waals surface area contributed by atoms with Crippen molar-refractivity contribution in [1.82, 2.24) is 4.90 Å². The fourth-order valence-electron chi connectivity index (χ4n) is 7.40. The molecular weight excluding hydrogens is 572 g/mol. The number of fused-ring (bicyclic) bond motifs is 2. The van der Waals surface area contributed by atoms with Gasteiger partial charge in [0.05, 0.1) is 24.5 Å². The van der Waals surface area contributed by atoms with Crippen molar-refractivity contribution in [2.24, 2.45) is 11.8 Å². The van der Waals surface area contributed by atoms with Gasteiger partial charge in [-0.05, 0) is 75.7 Å². The van der Waals surface area contributed by atoms with Crippen LogP contribution >= 0.6 is 0 Å². The SMILES string of the molecule is CCOc1ccc(N2CC=C[C@@H]3O[C@]45C=CCN(c6ccc(N(CC)CC)cc6)C(=O)C4N(CCCO)C(=O)[C@@H]5[C@@H]3C2=O)cc1. The summed E-state index contributed by atoms with van der Waals surface area (Å²) in [5.74, 6) is -1.78. The molecule has 3 amide bonds. The second kappa shape index (κ2) is 12.7. The lowest BCUT2D eigenvalue weighted by atomic mass is 9.77. The van der Waals surface area contributed by atoms with Crippen molar-refractivity contribution in [3.8, 4) is 5.75 Å². The third kappa shape index (κ3) is 5.19. The quantitative estimate of drug-likeness (QED) is 0.410. The first-order valence-electron chi connectivity index (χ1n) is 16.0. The van der Waals surface area contributed by atoms with E-state index in [2.05, 4.69) is 18.7 Å². The zero-order chi connectivity index (χ0) is 31.7. The average molecular weight is 615 g/mol. The van der Waals surface area contributed by atoms with Gasteiger partial charge in [0.1, 0.15) is 17.4 Å². The molecule has 45 heavy (non-hydrogen) atoms. The molecule has 0 saturated carbocycles. The van der Waals surface area contributed by atoms with Gasteiger partial charge in [-0.1, -0.05) is 24.3 Å². The van der Waals surface area contributed by atoms with E-state index in [1.54, 1.807) is 9.80 Å². The highest BCUT2D eigenvalue weighted by Gasteiger charge is 2.71. The van der Waals surface area contributed by atoms with Crippen molar-refractivity contribution in [2.75, 3.05) is 60.6 Å². The molecule has 2 aromatic rings. The van der Waals surface area contributed by atoms with Crippen molar-refractivity contribution in [1.29, 1.82) is 0 Å². The lowest BCUT2D eigenvalue weighted by Crippen LogP contribution is -2.55. The van der Waals surface area contributed by atoms with E-state index in [4.69, 9.17) is 9.47 Å². The number of carbonyl (C=O) groups excluding carboxylic acids is 3. The Kier molecular flexibility index (Phi) is 8.70. The average Bonchev–Trinajstić information content (AvgIpc) is 3.36. The Hall–Kier alpha value is -4.15. The number of benzene rings is 2. The first-order chi connectivity index (χ1) is 21.9. The summed E-state index contributed by atoms with van der Waals surface area (Å²) in [6, 6.07) is 14.2. The van der Waals surface area contributed by atoms with Gasteiger partial charge >= 0.3 is 0 Å². The minimum Gasteiger partial charge on any atom is -0.494 e. The zero-order valence-corrected chi connectivity index (χ0v) is 26.2. The summed E-state index contributed by atoms with van der Waals surface area (Å²) in [4.78, 5) is 50.4. The lowest BCUT2D eigenvalue weighted by molar-refractivity contribution is -0.140. The monoisotopic (exact) mass is 614 g/mol. The molecule has 10 heteroatoms. The fourth-order valence-corrected chi connectivity index (χ4v) is 7.40. The first kappa shape index (κ1) is 30.9. The molecule has 0 aromatic heterocycles. The highest BCUT2D eigenvalue weighted by Crippen LogP contribution is 2.54. The highest BCUT2D eigenvalue weighted by atomic mass is 16.5. The summed E-state index contributed by atoms with van der Waals surface area (Å²) in [5, 5.41) is 9.69. The van der Waals surface area contributed by atoms with Crippen molar-refractivity contribution < 1.29 is 29.0 Å². The fraction of sp³-hybridized carbons (Fsp3) is 0.457. The number of hydrogen-bond acceptors (Lipinski definition) is 7. The van der Waals surface area contributed by atoms with Gasteiger partial charge < -0.3 is 34.2 Å². The number of aliphatic hydroxyl groups excluding tert-OH is 1. The molecule has 4 aliphatic rings. The van der Waals surface area contributed by atoms with Crippen LogP contribution in [0.15, 0.2) is 72.8 Å². The van der Waals surface area contributed by atoms with E-state index in [0.717, 1.165) is 24.5 Å². The van der Waals surface area contributed by atoms with Crippen LogP contribution in [0.5, 0.6) is 5.75 Å². The number of nitrogens with zero attached hydrogens (tertiary/aromatic N) is 4. The molecular formula is C35H42N4O6. The number of carbonyl (C=O) groups is 3. The Labute approximate surface area is 264 Å². The van der Waals surface area contributed by atoms with E-state index < -0.39 is 29.6 Å². The number of likely N-dealkylation sites (tertiary alicyclic amines) is 1.